The number of hydrogen-bond donors (Lipinski definition) is 0. The SMILES string of the molecule is Cc1ccc(C(=C2Oc3ccccc3-c3nn(C)cc32)c2ccc(C(F)(F)F)cc2)cc1. The van der Waals surface area contributed by atoms with Gasteiger partial charge in [0, 0.05) is 24.4 Å². The van der Waals surface area contributed by atoms with E-state index in [0.717, 1.165) is 40.1 Å². The van der Waals surface area contributed by atoms with Crippen LogP contribution < -0.4 is 4.74 Å². The van der Waals surface area contributed by atoms with E-state index in [1.165, 1.54) is 12.1 Å². The lowest BCUT2D eigenvalue weighted by Gasteiger charge is -2.23. The van der Waals surface area contributed by atoms with Gasteiger partial charge in [-0.25, -0.2) is 0 Å². The second-order valence-electron chi connectivity index (χ2n) is 7.81. The van der Waals surface area contributed by atoms with E-state index in [4.69, 9.17) is 4.74 Å². The Bertz CT molecular complexity index is 1330. The Balaban J connectivity index is 1.78. The molecule has 32 heavy (non-hydrogen) atoms. The molecule has 1 aliphatic heterocycles. The lowest BCUT2D eigenvalue weighted by atomic mass is 9.91. The molecule has 3 nitrogen and oxygen atoms in total. The van der Waals surface area contributed by atoms with Gasteiger partial charge in [0.25, 0.3) is 0 Å². The predicted octanol–water partition coefficient (Wildman–Crippen LogP) is 6.72. The molecule has 160 valence electrons. The first-order chi connectivity index (χ1) is 15.3. The Morgan fingerprint density at radius 1 is 0.844 bits per heavy atom. The van der Waals surface area contributed by atoms with Crippen molar-refractivity contribution in [3.8, 4) is 17.0 Å². The van der Waals surface area contributed by atoms with Crippen LogP contribution in [0.15, 0.2) is 79.0 Å². The number of nitrogens with zero attached hydrogens (tertiary/aromatic N) is 2. The van der Waals surface area contributed by atoms with Gasteiger partial charge in [-0.05, 0) is 42.3 Å². The van der Waals surface area contributed by atoms with Gasteiger partial charge in [0.15, 0.2) is 0 Å². The zero-order chi connectivity index (χ0) is 22.5. The summed E-state index contributed by atoms with van der Waals surface area (Å²) >= 11 is 0. The van der Waals surface area contributed by atoms with Crippen molar-refractivity contribution in [2.24, 2.45) is 7.05 Å². The highest BCUT2D eigenvalue weighted by molar-refractivity contribution is 6.01. The average Bonchev–Trinajstić information content (AvgIpc) is 3.17. The minimum absolute atomic E-state index is 0.565. The number of hydrogen-bond acceptors (Lipinski definition) is 2. The molecule has 0 unspecified atom stereocenters. The van der Waals surface area contributed by atoms with Crippen molar-refractivity contribution in [2.45, 2.75) is 13.1 Å². The lowest BCUT2D eigenvalue weighted by Crippen LogP contribution is -2.08. The fourth-order valence-electron chi connectivity index (χ4n) is 3.93. The zero-order valence-electron chi connectivity index (χ0n) is 17.4. The van der Waals surface area contributed by atoms with Crippen LogP contribution in [0.4, 0.5) is 13.2 Å². The molecule has 0 saturated heterocycles. The Kier molecular flexibility index (Phi) is 4.66. The van der Waals surface area contributed by atoms with E-state index in [1.54, 1.807) is 4.68 Å². The van der Waals surface area contributed by atoms with Gasteiger partial charge >= 0.3 is 6.18 Å². The summed E-state index contributed by atoms with van der Waals surface area (Å²) in [5.41, 5.74) is 5.03. The fourth-order valence-corrected chi connectivity index (χ4v) is 3.93. The number of halogens is 3. The number of fused-ring (bicyclic) bond motifs is 3. The van der Waals surface area contributed by atoms with Crippen molar-refractivity contribution in [3.05, 3.63) is 107 Å². The second-order valence-corrected chi connectivity index (χ2v) is 7.81. The molecule has 2 heterocycles. The summed E-state index contributed by atoms with van der Waals surface area (Å²) in [7, 11) is 1.84. The van der Waals surface area contributed by atoms with Gasteiger partial charge in [-0.1, -0.05) is 54.1 Å². The molecule has 0 spiro atoms. The maximum atomic E-state index is 13.2. The average molecular weight is 432 g/mol. The highest BCUT2D eigenvalue weighted by atomic mass is 19.4. The molecule has 6 heteroatoms. The first-order valence-corrected chi connectivity index (χ1v) is 10.1. The van der Waals surface area contributed by atoms with E-state index < -0.39 is 11.7 Å². The highest BCUT2D eigenvalue weighted by Gasteiger charge is 2.31. The molecule has 1 aliphatic rings. The monoisotopic (exact) mass is 432 g/mol. The van der Waals surface area contributed by atoms with Crippen molar-refractivity contribution in [1.29, 1.82) is 0 Å². The van der Waals surface area contributed by atoms with Crippen LogP contribution in [0, 0.1) is 6.92 Å². The first kappa shape index (κ1) is 20.1. The summed E-state index contributed by atoms with van der Waals surface area (Å²) in [5.74, 6) is 1.22. The molecule has 0 aliphatic carbocycles. The van der Waals surface area contributed by atoms with E-state index >= 15 is 0 Å². The van der Waals surface area contributed by atoms with E-state index in [0.29, 0.717) is 22.6 Å². The third-order valence-electron chi connectivity index (χ3n) is 5.50. The van der Waals surface area contributed by atoms with Crippen LogP contribution in [0.5, 0.6) is 5.75 Å². The molecule has 0 N–H and O–H groups in total. The van der Waals surface area contributed by atoms with Crippen LogP contribution in [-0.4, -0.2) is 9.78 Å². The summed E-state index contributed by atoms with van der Waals surface area (Å²) in [6, 6.07) is 20.7. The molecule has 5 rings (SSSR count). The Labute approximate surface area is 183 Å². The molecule has 1 aromatic heterocycles. The van der Waals surface area contributed by atoms with Crippen molar-refractivity contribution in [3.63, 3.8) is 0 Å². The van der Waals surface area contributed by atoms with Crippen LogP contribution in [-0.2, 0) is 13.2 Å². The van der Waals surface area contributed by atoms with Crippen LogP contribution in [0.2, 0.25) is 0 Å². The van der Waals surface area contributed by atoms with E-state index in [-0.39, 0.29) is 0 Å². The fraction of sp³-hybridized carbons (Fsp3) is 0.115. The number of para-hydroxylation sites is 1. The van der Waals surface area contributed by atoms with Crippen molar-refractivity contribution in [1.82, 2.24) is 9.78 Å². The molecule has 3 aromatic carbocycles. The lowest BCUT2D eigenvalue weighted by molar-refractivity contribution is -0.137. The maximum absolute atomic E-state index is 13.2. The zero-order valence-corrected chi connectivity index (χ0v) is 17.4. The van der Waals surface area contributed by atoms with Crippen molar-refractivity contribution in [2.75, 3.05) is 0 Å². The van der Waals surface area contributed by atoms with Crippen molar-refractivity contribution >= 4 is 11.3 Å². The maximum Gasteiger partial charge on any atom is 0.416 e. The molecular weight excluding hydrogens is 413 g/mol. The predicted molar refractivity (Wildman–Crippen MR) is 118 cm³/mol. The number of ether oxygens (including phenoxy) is 1. The number of benzene rings is 3. The molecular formula is C26H19F3N2O. The van der Waals surface area contributed by atoms with Crippen LogP contribution in [0.1, 0.15) is 27.8 Å². The summed E-state index contributed by atoms with van der Waals surface area (Å²) in [5, 5.41) is 4.63. The number of alkyl halides is 3. The summed E-state index contributed by atoms with van der Waals surface area (Å²) in [6.45, 7) is 1.99. The van der Waals surface area contributed by atoms with Crippen molar-refractivity contribution < 1.29 is 17.9 Å². The molecule has 0 fully saturated rings. The van der Waals surface area contributed by atoms with E-state index in [9.17, 15) is 13.2 Å². The number of aromatic nitrogens is 2. The van der Waals surface area contributed by atoms with Crippen LogP contribution in [0.25, 0.3) is 22.6 Å². The quantitative estimate of drug-likeness (QED) is 0.351. The highest BCUT2D eigenvalue weighted by Crippen LogP contribution is 2.45. The van der Waals surface area contributed by atoms with E-state index in [1.807, 2.05) is 68.7 Å². The summed E-state index contributed by atoms with van der Waals surface area (Å²) in [4.78, 5) is 0. The van der Waals surface area contributed by atoms with Gasteiger partial charge in [0.1, 0.15) is 17.2 Å². The standard InChI is InChI=1S/C26H19F3N2O/c1-16-7-9-17(10-8-16)23(18-11-13-19(14-12-18)26(27,28)29)25-21-15-31(2)30-24(21)20-5-3-4-6-22(20)32-25/h3-15H,1-2H3. The topological polar surface area (TPSA) is 27.1 Å². The van der Waals surface area contributed by atoms with E-state index in [2.05, 4.69) is 5.10 Å². The molecule has 0 radical (unpaired) electrons. The molecule has 0 atom stereocenters. The Morgan fingerprint density at radius 3 is 2.12 bits per heavy atom. The Morgan fingerprint density at radius 2 is 1.47 bits per heavy atom. The number of rotatable bonds is 2. The second kappa shape index (κ2) is 7.41. The molecule has 0 amide bonds. The molecule has 0 bridgehead atoms. The van der Waals surface area contributed by atoms with Gasteiger partial charge in [0.2, 0.25) is 0 Å². The number of aryl methyl sites for hydroxylation is 2. The summed E-state index contributed by atoms with van der Waals surface area (Å²) in [6.07, 6.45) is -2.52. The van der Waals surface area contributed by atoms with Crippen LogP contribution in [0.3, 0.4) is 0 Å². The molecule has 4 aromatic rings. The first-order valence-electron chi connectivity index (χ1n) is 10.1. The minimum atomic E-state index is -4.40. The largest absolute Gasteiger partial charge is 0.455 e. The van der Waals surface area contributed by atoms with Crippen LogP contribution >= 0.6 is 0 Å². The Hall–Kier alpha value is -3.80. The minimum Gasteiger partial charge on any atom is -0.455 e. The van der Waals surface area contributed by atoms with Gasteiger partial charge in [-0.2, -0.15) is 18.3 Å². The van der Waals surface area contributed by atoms with Gasteiger partial charge in [0.05, 0.1) is 11.1 Å². The third kappa shape index (κ3) is 3.47. The van der Waals surface area contributed by atoms with Gasteiger partial charge in [-0.15, -0.1) is 0 Å². The summed E-state index contributed by atoms with van der Waals surface area (Å²) < 4.78 is 47.6. The van der Waals surface area contributed by atoms with Gasteiger partial charge < -0.3 is 4.74 Å². The third-order valence-corrected chi connectivity index (χ3v) is 5.50. The van der Waals surface area contributed by atoms with Gasteiger partial charge in [-0.3, -0.25) is 4.68 Å². The normalized spacial score (nSPS) is 14.4. The smallest absolute Gasteiger partial charge is 0.416 e. The molecule has 0 saturated carbocycles.